The molecule has 1 aromatic carbocycles. The topological polar surface area (TPSA) is 38.8 Å². The highest BCUT2D eigenvalue weighted by Crippen LogP contribution is 2.37. The molecular weight excluding hydrogens is 206 g/mol. The zero-order chi connectivity index (χ0) is 11.7. The molecule has 4 nitrogen and oxygen atoms in total. The molecule has 0 aliphatic carbocycles. The molecule has 0 N–H and O–H groups in total. The predicted octanol–water partition coefficient (Wildman–Crippen LogP) is 1.68. The summed E-state index contributed by atoms with van der Waals surface area (Å²) in [6.07, 6.45) is 0. The van der Waals surface area contributed by atoms with E-state index in [-0.39, 0.29) is 5.91 Å². The highest BCUT2D eigenvalue weighted by molar-refractivity contribution is 6.01. The van der Waals surface area contributed by atoms with E-state index in [9.17, 15) is 4.79 Å². The van der Waals surface area contributed by atoms with Crippen LogP contribution in [-0.2, 0) is 6.54 Å². The minimum atomic E-state index is 0.0215. The van der Waals surface area contributed by atoms with E-state index in [1.54, 1.807) is 19.1 Å². The van der Waals surface area contributed by atoms with Crippen LogP contribution < -0.4 is 9.47 Å². The van der Waals surface area contributed by atoms with E-state index in [1.807, 2.05) is 19.1 Å². The van der Waals surface area contributed by atoms with E-state index < -0.39 is 0 Å². The molecule has 1 aliphatic heterocycles. The zero-order valence-electron chi connectivity index (χ0n) is 9.74. The van der Waals surface area contributed by atoms with Gasteiger partial charge in [0.2, 0.25) is 0 Å². The number of carbonyl (C=O) groups excluding carboxylic acids is 1. The van der Waals surface area contributed by atoms with Crippen LogP contribution in [0.15, 0.2) is 12.1 Å². The number of hydrogen-bond acceptors (Lipinski definition) is 3. The van der Waals surface area contributed by atoms with Gasteiger partial charge in [0.1, 0.15) is 0 Å². The fourth-order valence-electron chi connectivity index (χ4n) is 2.02. The van der Waals surface area contributed by atoms with Crippen molar-refractivity contribution in [3.63, 3.8) is 0 Å². The van der Waals surface area contributed by atoms with E-state index in [0.717, 1.165) is 5.56 Å². The van der Waals surface area contributed by atoms with Crippen molar-refractivity contribution in [2.24, 2.45) is 0 Å². The number of rotatable bonds is 3. The monoisotopic (exact) mass is 221 g/mol. The SMILES string of the molecule is CCN1Cc2ccc(OC)c(OC)c2C1=O. The minimum absolute atomic E-state index is 0.0215. The van der Waals surface area contributed by atoms with Crippen molar-refractivity contribution in [3.8, 4) is 11.5 Å². The summed E-state index contributed by atoms with van der Waals surface area (Å²) >= 11 is 0. The Labute approximate surface area is 94.8 Å². The second-order valence-electron chi connectivity index (χ2n) is 3.65. The normalized spacial score (nSPS) is 13.9. The number of amides is 1. The molecule has 0 saturated heterocycles. The Hall–Kier alpha value is -1.71. The molecular formula is C12H15NO3. The maximum atomic E-state index is 12.1. The lowest BCUT2D eigenvalue weighted by Crippen LogP contribution is -2.23. The molecule has 0 saturated carbocycles. The maximum Gasteiger partial charge on any atom is 0.258 e. The third kappa shape index (κ3) is 1.41. The van der Waals surface area contributed by atoms with E-state index in [0.29, 0.717) is 30.2 Å². The van der Waals surface area contributed by atoms with Crippen LogP contribution in [0, 0.1) is 0 Å². The Morgan fingerprint density at radius 3 is 2.62 bits per heavy atom. The largest absolute Gasteiger partial charge is 0.493 e. The molecule has 1 aromatic rings. The first kappa shape index (κ1) is 10.8. The second-order valence-corrected chi connectivity index (χ2v) is 3.65. The molecule has 0 bridgehead atoms. The Morgan fingerprint density at radius 2 is 2.06 bits per heavy atom. The molecule has 1 aliphatic rings. The lowest BCUT2D eigenvalue weighted by Gasteiger charge is -2.12. The van der Waals surface area contributed by atoms with Crippen LogP contribution in [0.3, 0.4) is 0 Å². The lowest BCUT2D eigenvalue weighted by atomic mass is 10.1. The summed E-state index contributed by atoms with van der Waals surface area (Å²) < 4.78 is 10.5. The molecule has 0 unspecified atom stereocenters. The highest BCUT2D eigenvalue weighted by atomic mass is 16.5. The first-order valence-electron chi connectivity index (χ1n) is 5.26. The van der Waals surface area contributed by atoms with Gasteiger partial charge in [-0.1, -0.05) is 6.07 Å². The maximum absolute atomic E-state index is 12.1. The van der Waals surface area contributed by atoms with Crippen LogP contribution in [0.4, 0.5) is 0 Å². The summed E-state index contributed by atoms with van der Waals surface area (Å²) in [5.74, 6) is 1.17. The molecule has 1 heterocycles. The van der Waals surface area contributed by atoms with Gasteiger partial charge < -0.3 is 14.4 Å². The summed E-state index contributed by atoms with van der Waals surface area (Å²) in [7, 11) is 3.13. The third-order valence-electron chi connectivity index (χ3n) is 2.88. The van der Waals surface area contributed by atoms with E-state index in [4.69, 9.17) is 9.47 Å². The molecule has 0 aromatic heterocycles. The number of ether oxygens (including phenoxy) is 2. The third-order valence-corrected chi connectivity index (χ3v) is 2.88. The Balaban J connectivity index is 2.54. The summed E-state index contributed by atoms with van der Waals surface area (Å²) in [4.78, 5) is 13.9. The number of fused-ring (bicyclic) bond motifs is 1. The summed E-state index contributed by atoms with van der Waals surface area (Å²) in [6.45, 7) is 3.33. The van der Waals surface area contributed by atoms with Crippen LogP contribution in [0.1, 0.15) is 22.8 Å². The van der Waals surface area contributed by atoms with Gasteiger partial charge in [-0.2, -0.15) is 0 Å². The van der Waals surface area contributed by atoms with Gasteiger partial charge in [-0.05, 0) is 18.6 Å². The van der Waals surface area contributed by atoms with Gasteiger partial charge >= 0.3 is 0 Å². The van der Waals surface area contributed by atoms with Crippen molar-refractivity contribution in [3.05, 3.63) is 23.3 Å². The van der Waals surface area contributed by atoms with E-state index in [2.05, 4.69) is 0 Å². The Kier molecular flexibility index (Phi) is 2.73. The zero-order valence-corrected chi connectivity index (χ0v) is 9.74. The van der Waals surface area contributed by atoms with Crippen molar-refractivity contribution in [1.29, 1.82) is 0 Å². The van der Waals surface area contributed by atoms with Crippen LogP contribution in [0.5, 0.6) is 11.5 Å². The van der Waals surface area contributed by atoms with Crippen LogP contribution in [-0.4, -0.2) is 31.6 Å². The number of hydrogen-bond donors (Lipinski definition) is 0. The van der Waals surface area contributed by atoms with Crippen molar-refractivity contribution in [2.45, 2.75) is 13.5 Å². The molecule has 0 atom stereocenters. The lowest BCUT2D eigenvalue weighted by molar-refractivity contribution is 0.0784. The van der Waals surface area contributed by atoms with Gasteiger partial charge in [0.05, 0.1) is 19.8 Å². The van der Waals surface area contributed by atoms with Gasteiger partial charge in [-0.25, -0.2) is 0 Å². The average molecular weight is 221 g/mol. The second kappa shape index (κ2) is 4.04. The number of methoxy groups -OCH3 is 2. The molecule has 2 rings (SSSR count). The van der Waals surface area contributed by atoms with Gasteiger partial charge in [0.15, 0.2) is 11.5 Å². The van der Waals surface area contributed by atoms with Gasteiger partial charge in [-0.15, -0.1) is 0 Å². The number of carbonyl (C=O) groups is 1. The van der Waals surface area contributed by atoms with Crippen molar-refractivity contribution in [2.75, 3.05) is 20.8 Å². The van der Waals surface area contributed by atoms with Gasteiger partial charge in [-0.3, -0.25) is 4.79 Å². The molecule has 4 heteroatoms. The van der Waals surface area contributed by atoms with Gasteiger partial charge in [0, 0.05) is 13.1 Å². The standard InChI is InChI=1S/C12H15NO3/c1-4-13-7-8-5-6-9(15-2)11(16-3)10(8)12(13)14/h5-6H,4,7H2,1-3H3. The number of nitrogens with zero attached hydrogens (tertiary/aromatic N) is 1. The Bertz CT molecular complexity index is 429. The van der Waals surface area contributed by atoms with Crippen molar-refractivity contribution in [1.82, 2.24) is 4.90 Å². The highest BCUT2D eigenvalue weighted by Gasteiger charge is 2.31. The summed E-state index contributed by atoms with van der Waals surface area (Å²) in [6, 6.07) is 3.76. The fourth-order valence-corrected chi connectivity index (χ4v) is 2.02. The van der Waals surface area contributed by atoms with Gasteiger partial charge in [0.25, 0.3) is 5.91 Å². The van der Waals surface area contributed by atoms with E-state index >= 15 is 0 Å². The minimum Gasteiger partial charge on any atom is -0.493 e. The van der Waals surface area contributed by atoms with Crippen molar-refractivity contribution < 1.29 is 14.3 Å². The Morgan fingerprint density at radius 1 is 1.31 bits per heavy atom. The first-order chi connectivity index (χ1) is 7.72. The number of benzene rings is 1. The average Bonchev–Trinajstić information content (AvgIpc) is 2.65. The molecule has 16 heavy (non-hydrogen) atoms. The fraction of sp³-hybridized carbons (Fsp3) is 0.417. The van der Waals surface area contributed by atoms with Crippen LogP contribution in [0.25, 0.3) is 0 Å². The molecule has 0 fully saturated rings. The quantitative estimate of drug-likeness (QED) is 0.779. The van der Waals surface area contributed by atoms with E-state index in [1.165, 1.54) is 0 Å². The molecule has 86 valence electrons. The van der Waals surface area contributed by atoms with Crippen LogP contribution >= 0.6 is 0 Å². The smallest absolute Gasteiger partial charge is 0.258 e. The molecule has 1 amide bonds. The molecule has 0 spiro atoms. The predicted molar refractivity (Wildman–Crippen MR) is 60.0 cm³/mol. The summed E-state index contributed by atoms with van der Waals surface area (Å²) in [5.41, 5.74) is 1.65. The van der Waals surface area contributed by atoms with Crippen LogP contribution in [0.2, 0.25) is 0 Å². The summed E-state index contributed by atoms with van der Waals surface area (Å²) in [5, 5.41) is 0. The first-order valence-corrected chi connectivity index (χ1v) is 5.26. The molecule has 0 radical (unpaired) electrons. The van der Waals surface area contributed by atoms with Crippen molar-refractivity contribution >= 4 is 5.91 Å².